The molecule has 2 nitrogen and oxygen atoms in total. The lowest BCUT2D eigenvalue weighted by Crippen LogP contribution is -2.38. The first kappa shape index (κ1) is 8.79. The first-order valence-corrected chi connectivity index (χ1v) is 5.25. The van der Waals surface area contributed by atoms with Crippen LogP contribution in [0.1, 0.15) is 39.0 Å². The minimum absolute atomic E-state index is 0.240. The molecule has 1 saturated carbocycles. The fourth-order valence-electron chi connectivity index (χ4n) is 2.39. The number of carbonyl (C=O) groups is 1. The Balaban J connectivity index is 1.98. The highest BCUT2D eigenvalue weighted by Crippen LogP contribution is 2.25. The van der Waals surface area contributed by atoms with Gasteiger partial charge < -0.3 is 4.90 Å². The van der Waals surface area contributed by atoms with Gasteiger partial charge in [-0.25, -0.2) is 0 Å². The van der Waals surface area contributed by atoms with E-state index >= 15 is 0 Å². The van der Waals surface area contributed by atoms with Gasteiger partial charge in [0.05, 0.1) is 0 Å². The maximum Gasteiger partial charge on any atom is 0.247 e. The zero-order chi connectivity index (χ0) is 9.26. The highest BCUT2D eigenvalue weighted by atomic mass is 16.2. The van der Waals surface area contributed by atoms with Crippen molar-refractivity contribution < 1.29 is 4.79 Å². The van der Waals surface area contributed by atoms with Crippen molar-refractivity contribution in [2.24, 2.45) is 0 Å². The second kappa shape index (κ2) is 3.52. The van der Waals surface area contributed by atoms with Crippen LogP contribution in [-0.2, 0) is 4.79 Å². The fourth-order valence-corrected chi connectivity index (χ4v) is 2.39. The van der Waals surface area contributed by atoms with Crippen LogP contribution < -0.4 is 0 Å². The summed E-state index contributed by atoms with van der Waals surface area (Å²) in [6.45, 7) is 2.92. The van der Waals surface area contributed by atoms with Gasteiger partial charge in [-0.1, -0.05) is 19.3 Å². The van der Waals surface area contributed by atoms with Crippen molar-refractivity contribution in [2.75, 3.05) is 6.54 Å². The second-order valence-electron chi connectivity index (χ2n) is 4.25. The second-order valence-corrected chi connectivity index (χ2v) is 4.25. The fraction of sp³-hybridized carbons (Fsp3) is 0.727. The Kier molecular flexibility index (Phi) is 2.38. The topological polar surface area (TPSA) is 20.3 Å². The molecular weight excluding hydrogens is 162 g/mol. The number of amides is 1. The average Bonchev–Trinajstić information content (AvgIpc) is 2.47. The molecule has 13 heavy (non-hydrogen) atoms. The third-order valence-corrected chi connectivity index (χ3v) is 3.09. The maximum atomic E-state index is 11.5. The van der Waals surface area contributed by atoms with E-state index in [1.54, 1.807) is 6.08 Å². The summed E-state index contributed by atoms with van der Waals surface area (Å²) in [5.41, 5.74) is 1.22. The average molecular weight is 179 g/mol. The Bertz CT molecular complexity index is 238. The van der Waals surface area contributed by atoms with Crippen LogP contribution in [0.25, 0.3) is 0 Å². The van der Waals surface area contributed by atoms with Gasteiger partial charge in [-0.05, 0) is 25.3 Å². The van der Waals surface area contributed by atoms with Crippen LogP contribution in [0.3, 0.4) is 0 Å². The summed E-state index contributed by atoms with van der Waals surface area (Å²) < 4.78 is 0. The van der Waals surface area contributed by atoms with Crippen molar-refractivity contribution >= 4 is 5.91 Å². The third kappa shape index (κ3) is 1.77. The highest BCUT2D eigenvalue weighted by molar-refractivity contribution is 5.91. The van der Waals surface area contributed by atoms with Crippen LogP contribution in [0, 0.1) is 0 Å². The summed E-state index contributed by atoms with van der Waals surface area (Å²) in [5.74, 6) is 0.240. The van der Waals surface area contributed by atoms with E-state index in [0.29, 0.717) is 6.04 Å². The molecule has 2 heteroatoms. The smallest absolute Gasteiger partial charge is 0.247 e. The van der Waals surface area contributed by atoms with Gasteiger partial charge >= 0.3 is 0 Å². The molecule has 2 aliphatic rings. The van der Waals surface area contributed by atoms with Gasteiger partial charge in [-0.15, -0.1) is 0 Å². The molecule has 0 aromatic heterocycles. The summed E-state index contributed by atoms with van der Waals surface area (Å²) >= 11 is 0. The van der Waals surface area contributed by atoms with Crippen LogP contribution in [-0.4, -0.2) is 23.4 Å². The van der Waals surface area contributed by atoms with E-state index in [-0.39, 0.29) is 5.91 Å². The molecule has 1 aliphatic heterocycles. The van der Waals surface area contributed by atoms with Gasteiger partial charge in [0.15, 0.2) is 0 Å². The van der Waals surface area contributed by atoms with Gasteiger partial charge in [-0.2, -0.15) is 0 Å². The SMILES string of the molecule is CC1=CC(=O)N(C2CCCCC2)C1. The minimum atomic E-state index is 0.240. The quantitative estimate of drug-likeness (QED) is 0.603. The van der Waals surface area contributed by atoms with Crippen molar-refractivity contribution in [3.63, 3.8) is 0 Å². The van der Waals surface area contributed by atoms with E-state index in [4.69, 9.17) is 0 Å². The van der Waals surface area contributed by atoms with Crippen LogP contribution in [0.5, 0.6) is 0 Å². The molecule has 0 aromatic carbocycles. The summed E-state index contributed by atoms with van der Waals surface area (Å²) in [7, 11) is 0. The molecule has 1 heterocycles. The Labute approximate surface area is 79.6 Å². The number of carbonyl (C=O) groups excluding carboxylic acids is 1. The number of hydrogen-bond acceptors (Lipinski definition) is 1. The van der Waals surface area contributed by atoms with Crippen molar-refractivity contribution in [3.05, 3.63) is 11.6 Å². The molecule has 72 valence electrons. The Morgan fingerprint density at radius 2 is 2.00 bits per heavy atom. The lowest BCUT2D eigenvalue weighted by molar-refractivity contribution is -0.127. The van der Waals surface area contributed by atoms with Crippen molar-refractivity contribution in [1.82, 2.24) is 4.90 Å². The van der Waals surface area contributed by atoms with Gasteiger partial charge in [0.2, 0.25) is 5.91 Å². The van der Waals surface area contributed by atoms with Crippen LogP contribution in [0.4, 0.5) is 0 Å². The Hall–Kier alpha value is -0.790. The number of nitrogens with zero attached hydrogens (tertiary/aromatic N) is 1. The van der Waals surface area contributed by atoms with Crippen molar-refractivity contribution in [2.45, 2.75) is 45.1 Å². The van der Waals surface area contributed by atoms with Gasteiger partial charge in [0.25, 0.3) is 0 Å². The molecule has 2 rings (SSSR count). The van der Waals surface area contributed by atoms with E-state index in [0.717, 1.165) is 6.54 Å². The maximum absolute atomic E-state index is 11.5. The minimum Gasteiger partial charge on any atom is -0.332 e. The summed E-state index contributed by atoms with van der Waals surface area (Å²) in [6, 6.07) is 0.537. The van der Waals surface area contributed by atoms with Crippen LogP contribution in [0.2, 0.25) is 0 Å². The lowest BCUT2D eigenvalue weighted by Gasteiger charge is -2.31. The predicted molar refractivity (Wildman–Crippen MR) is 52.3 cm³/mol. The summed E-state index contributed by atoms with van der Waals surface area (Å²) in [5, 5.41) is 0. The first-order chi connectivity index (χ1) is 6.27. The van der Waals surface area contributed by atoms with E-state index in [9.17, 15) is 4.79 Å². The molecule has 0 unspecified atom stereocenters. The van der Waals surface area contributed by atoms with Gasteiger partial charge in [-0.3, -0.25) is 4.79 Å². The molecule has 1 fully saturated rings. The van der Waals surface area contributed by atoms with E-state index in [2.05, 4.69) is 4.90 Å². The molecule has 0 spiro atoms. The zero-order valence-corrected chi connectivity index (χ0v) is 8.25. The van der Waals surface area contributed by atoms with E-state index < -0.39 is 0 Å². The molecule has 0 aromatic rings. The Morgan fingerprint density at radius 3 is 2.54 bits per heavy atom. The molecule has 1 amide bonds. The number of rotatable bonds is 1. The summed E-state index contributed by atoms with van der Waals surface area (Å²) in [4.78, 5) is 13.6. The third-order valence-electron chi connectivity index (χ3n) is 3.09. The van der Waals surface area contributed by atoms with Crippen LogP contribution >= 0.6 is 0 Å². The monoisotopic (exact) mass is 179 g/mol. The molecule has 0 saturated heterocycles. The van der Waals surface area contributed by atoms with Crippen molar-refractivity contribution in [1.29, 1.82) is 0 Å². The molecule has 0 bridgehead atoms. The molecule has 0 radical (unpaired) electrons. The highest BCUT2D eigenvalue weighted by Gasteiger charge is 2.27. The largest absolute Gasteiger partial charge is 0.332 e. The first-order valence-electron chi connectivity index (χ1n) is 5.25. The Morgan fingerprint density at radius 1 is 1.31 bits per heavy atom. The molecule has 1 aliphatic carbocycles. The zero-order valence-electron chi connectivity index (χ0n) is 8.25. The van der Waals surface area contributed by atoms with Crippen LogP contribution in [0.15, 0.2) is 11.6 Å². The molecular formula is C11H17NO. The van der Waals surface area contributed by atoms with Gasteiger partial charge in [0, 0.05) is 18.7 Å². The normalized spacial score (nSPS) is 25.2. The molecule has 0 N–H and O–H groups in total. The van der Waals surface area contributed by atoms with E-state index in [1.165, 1.54) is 37.7 Å². The summed E-state index contributed by atoms with van der Waals surface area (Å²) in [6.07, 6.45) is 8.17. The standard InChI is InChI=1S/C11H17NO/c1-9-7-11(13)12(8-9)10-5-3-2-4-6-10/h7,10H,2-6,8H2,1H3. The predicted octanol–water partition coefficient (Wildman–Crippen LogP) is 2.11. The lowest BCUT2D eigenvalue weighted by atomic mass is 9.94. The van der Waals surface area contributed by atoms with E-state index in [1.807, 2.05) is 6.92 Å². The van der Waals surface area contributed by atoms with Gasteiger partial charge in [0.1, 0.15) is 0 Å². The van der Waals surface area contributed by atoms with Crippen molar-refractivity contribution in [3.8, 4) is 0 Å². The molecule has 0 atom stereocenters. The number of hydrogen-bond donors (Lipinski definition) is 0.